The maximum Gasteiger partial charge on any atom is 0.319 e. The zero-order valence-electron chi connectivity index (χ0n) is 10.9. The van der Waals surface area contributed by atoms with Crippen molar-refractivity contribution in [3.05, 3.63) is 34.9 Å². The zero-order chi connectivity index (χ0) is 13.9. The van der Waals surface area contributed by atoms with Crippen molar-refractivity contribution in [2.75, 3.05) is 6.61 Å². The molecule has 0 saturated heterocycles. The molecule has 0 spiro atoms. The van der Waals surface area contributed by atoms with Crippen LogP contribution in [0.5, 0.6) is 0 Å². The molecule has 1 aromatic rings. The van der Waals surface area contributed by atoms with E-state index < -0.39 is 5.41 Å². The van der Waals surface area contributed by atoms with Gasteiger partial charge in [-0.05, 0) is 43.9 Å². The Hall–Kier alpha value is -1.35. The molecule has 102 valence electrons. The number of halogens is 1. The van der Waals surface area contributed by atoms with Gasteiger partial charge in [0.15, 0.2) is 5.78 Å². The van der Waals surface area contributed by atoms with E-state index in [0.717, 1.165) is 12.0 Å². The largest absolute Gasteiger partial charge is 0.465 e. The quantitative estimate of drug-likeness (QED) is 0.628. The molecule has 0 aromatic heterocycles. The third kappa shape index (κ3) is 2.81. The molecule has 0 N–H and O–H groups in total. The van der Waals surface area contributed by atoms with Gasteiger partial charge < -0.3 is 4.74 Å². The SMILES string of the molecule is CCOC(=O)[C@]1(Cc2ccc(Cl)cc2)CCCC1=O. The van der Waals surface area contributed by atoms with E-state index in [9.17, 15) is 9.59 Å². The van der Waals surface area contributed by atoms with E-state index >= 15 is 0 Å². The van der Waals surface area contributed by atoms with Crippen molar-refractivity contribution >= 4 is 23.4 Å². The average molecular weight is 281 g/mol. The summed E-state index contributed by atoms with van der Waals surface area (Å²) >= 11 is 5.85. The number of rotatable bonds is 4. The first kappa shape index (κ1) is 14.1. The molecular weight excluding hydrogens is 264 g/mol. The van der Waals surface area contributed by atoms with Crippen LogP contribution in [-0.4, -0.2) is 18.4 Å². The lowest BCUT2D eigenvalue weighted by Crippen LogP contribution is -2.39. The Morgan fingerprint density at radius 2 is 2.05 bits per heavy atom. The van der Waals surface area contributed by atoms with Crippen LogP contribution in [0, 0.1) is 5.41 Å². The fraction of sp³-hybridized carbons (Fsp3) is 0.467. The molecule has 1 saturated carbocycles. The Morgan fingerprint density at radius 1 is 1.37 bits per heavy atom. The summed E-state index contributed by atoms with van der Waals surface area (Å²) in [5.41, 5.74) is -0.0446. The third-order valence-electron chi connectivity index (χ3n) is 3.63. The van der Waals surface area contributed by atoms with Crippen LogP contribution in [0.25, 0.3) is 0 Å². The molecule has 4 heteroatoms. The van der Waals surface area contributed by atoms with Crippen molar-refractivity contribution in [2.24, 2.45) is 5.41 Å². The van der Waals surface area contributed by atoms with Crippen LogP contribution >= 0.6 is 11.6 Å². The number of carbonyl (C=O) groups excluding carboxylic acids is 2. The molecule has 1 aromatic carbocycles. The molecule has 0 heterocycles. The monoisotopic (exact) mass is 280 g/mol. The molecule has 0 radical (unpaired) electrons. The summed E-state index contributed by atoms with van der Waals surface area (Å²) in [6.07, 6.45) is 2.20. The van der Waals surface area contributed by atoms with Crippen LogP contribution in [0.1, 0.15) is 31.7 Å². The first-order valence-electron chi connectivity index (χ1n) is 6.53. The Bertz CT molecular complexity index is 481. The Labute approximate surface area is 117 Å². The first-order valence-corrected chi connectivity index (χ1v) is 6.91. The van der Waals surface area contributed by atoms with Gasteiger partial charge in [0.2, 0.25) is 0 Å². The summed E-state index contributed by atoms with van der Waals surface area (Å²) < 4.78 is 5.11. The number of carbonyl (C=O) groups is 2. The number of ether oxygens (including phenoxy) is 1. The normalized spacial score (nSPS) is 22.5. The van der Waals surface area contributed by atoms with E-state index in [-0.39, 0.29) is 11.8 Å². The predicted octanol–water partition coefficient (Wildman–Crippen LogP) is 3.19. The minimum Gasteiger partial charge on any atom is -0.465 e. The van der Waals surface area contributed by atoms with Gasteiger partial charge in [0.1, 0.15) is 5.41 Å². The number of ketones is 1. The van der Waals surface area contributed by atoms with Crippen LogP contribution in [0.15, 0.2) is 24.3 Å². The summed E-state index contributed by atoms with van der Waals surface area (Å²) in [5.74, 6) is -0.381. The molecule has 19 heavy (non-hydrogen) atoms. The highest BCUT2D eigenvalue weighted by Crippen LogP contribution is 2.39. The topological polar surface area (TPSA) is 43.4 Å². The summed E-state index contributed by atoms with van der Waals surface area (Å²) in [6, 6.07) is 7.26. The van der Waals surface area contributed by atoms with E-state index in [2.05, 4.69) is 0 Å². The molecular formula is C15H17ClO3. The van der Waals surface area contributed by atoms with Gasteiger partial charge in [0.25, 0.3) is 0 Å². The van der Waals surface area contributed by atoms with Crippen molar-refractivity contribution < 1.29 is 14.3 Å². The molecule has 1 fully saturated rings. The van der Waals surface area contributed by atoms with Crippen LogP contribution in [0.3, 0.4) is 0 Å². The van der Waals surface area contributed by atoms with Gasteiger partial charge in [-0.2, -0.15) is 0 Å². The number of hydrogen-bond donors (Lipinski definition) is 0. The minimum atomic E-state index is -0.982. The Morgan fingerprint density at radius 3 is 2.58 bits per heavy atom. The lowest BCUT2D eigenvalue weighted by molar-refractivity contribution is -0.158. The van der Waals surface area contributed by atoms with Gasteiger partial charge in [-0.25, -0.2) is 0 Å². The highest BCUT2D eigenvalue weighted by atomic mass is 35.5. The molecule has 0 aliphatic heterocycles. The molecule has 0 amide bonds. The predicted molar refractivity (Wildman–Crippen MR) is 73.1 cm³/mol. The van der Waals surface area contributed by atoms with Crippen molar-refractivity contribution in [1.29, 1.82) is 0 Å². The number of benzene rings is 1. The van der Waals surface area contributed by atoms with Gasteiger partial charge >= 0.3 is 5.97 Å². The van der Waals surface area contributed by atoms with Gasteiger partial charge in [0, 0.05) is 11.4 Å². The lowest BCUT2D eigenvalue weighted by atomic mass is 9.79. The maximum absolute atomic E-state index is 12.2. The van der Waals surface area contributed by atoms with Gasteiger partial charge in [-0.1, -0.05) is 23.7 Å². The summed E-state index contributed by atoms with van der Waals surface area (Å²) in [6.45, 7) is 2.06. The molecule has 1 aliphatic carbocycles. The van der Waals surface area contributed by atoms with E-state index in [4.69, 9.17) is 16.3 Å². The van der Waals surface area contributed by atoms with Crippen molar-refractivity contribution in [3.63, 3.8) is 0 Å². The molecule has 0 bridgehead atoms. The maximum atomic E-state index is 12.2. The van der Waals surface area contributed by atoms with E-state index in [1.165, 1.54) is 0 Å². The van der Waals surface area contributed by atoms with Crippen LogP contribution < -0.4 is 0 Å². The number of Topliss-reactive ketones (excluding diaryl/α,β-unsaturated/α-hetero) is 1. The molecule has 2 rings (SSSR count). The molecule has 1 atom stereocenters. The van der Waals surface area contributed by atoms with Crippen molar-refractivity contribution in [3.8, 4) is 0 Å². The smallest absolute Gasteiger partial charge is 0.319 e. The fourth-order valence-electron chi connectivity index (χ4n) is 2.62. The van der Waals surface area contributed by atoms with Crippen LogP contribution in [0.4, 0.5) is 0 Å². The highest BCUT2D eigenvalue weighted by molar-refractivity contribution is 6.30. The average Bonchev–Trinajstić information content (AvgIpc) is 2.75. The standard InChI is InChI=1S/C15H17ClO3/c1-2-19-14(18)15(9-3-4-13(15)17)10-11-5-7-12(16)8-6-11/h5-8H,2-4,9-10H2,1H3/t15-/m0/s1. The summed E-state index contributed by atoms with van der Waals surface area (Å²) in [4.78, 5) is 24.3. The lowest BCUT2D eigenvalue weighted by Gasteiger charge is -2.25. The van der Waals surface area contributed by atoms with E-state index in [0.29, 0.717) is 30.9 Å². The van der Waals surface area contributed by atoms with Crippen molar-refractivity contribution in [1.82, 2.24) is 0 Å². The highest BCUT2D eigenvalue weighted by Gasteiger charge is 2.49. The van der Waals surface area contributed by atoms with Gasteiger partial charge in [0.05, 0.1) is 6.61 Å². The molecule has 0 unspecified atom stereocenters. The van der Waals surface area contributed by atoms with Crippen molar-refractivity contribution in [2.45, 2.75) is 32.6 Å². The second-order valence-electron chi connectivity index (χ2n) is 4.88. The Balaban J connectivity index is 2.26. The van der Waals surface area contributed by atoms with E-state index in [1.54, 1.807) is 19.1 Å². The van der Waals surface area contributed by atoms with Crippen LogP contribution in [-0.2, 0) is 20.7 Å². The minimum absolute atomic E-state index is 0.000833. The first-order chi connectivity index (χ1) is 9.08. The fourth-order valence-corrected chi connectivity index (χ4v) is 2.75. The van der Waals surface area contributed by atoms with Gasteiger partial charge in [-0.3, -0.25) is 9.59 Å². The van der Waals surface area contributed by atoms with Gasteiger partial charge in [-0.15, -0.1) is 0 Å². The third-order valence-corrected chi connectivity index (χ3v) is 3.88. The summed E-state index contributed by atoms with van der Waals surface area (Å²) in [5, 5.41) is 0.645. The zero-order valence-corrected chi connectivity index (χ0v) is 11.7. The Kier molecular flexibility index (Phi) is 4.25. The second-order valence-corrected chi connectivity index (χ2v) is 5.32. The second kappa shape index (κ2) is 5.74. The molecule has 1 aliphatic rings. The molecule has 3 nitrogen and oxygen atoms in total. The van der Waals surface area contributed by atoms with Crippen LogP contribution in [0.2, 0.25) is 5.02 Å². The van der Waals surface area contributed by atoms with E-state index in [1.807, 2.05) is 12.1 Å². The number of hydrogen-bond acceptors (Lipinski definition) is 3. The number of esters is 1. The summed E-state index contributed by atoms with van der Waals surface area (Å²) in [7, 11) is 0.